The van der Waals surface area contributed by atoms with E-state index >= 15 is 0 Å². The SMILES string of the molecule is COc1ccc(/C=N/NC(=O)c2c[nH]c3ccccc23)cc1OS(C)(=O)=O. The summed E-state index contributed by atoms with van der Waals surface area (Å²) in [5.41, 5.74) is 4.29. The molecule has 0 saturated carbocycles. The van der Waals surface area contributed by atoms with Gasteiger partial charge < -0.3 is 13.9 Å². The maximum atomic E-state index is 12.3. The summed E-state index contributed by atoms with van der Waals surface area (Å²) in [4.78, 5) is 15.3. The van der Waals surface area contributed by atoms with Crippen LogP contribution in [0.1, 0.15) is 15.9 Å². The molecule has 1 amide bonds. The van der Waals surface area contributed by atoms with Gasteiger partial charge in [-0.1, -0.05) is 18.2 Å². The smallest absolute Gasteiger partial charge is 0.306 e. The Bertz CT molecular complexity index is 1120. The Labute approximate surface area is 155 Å². The topological polar surface area (TPSA) is 110 Å². The fourth-order valence-electron chi connectivity index (χ4n) is 2.49. The van der Waals surface area contributed by atoms with Crippen LogP contribution in [-0.4, -0.2) is 38.9 Å². The molecule has 9 heteroatoms. The number of amides is 1. The Kier molecular flexibility index (Phi) is 5.13. The van der Waals surface area contributed by atoms with Gasteiger partial charge in [0.1, 0.15) is 0 Å². The standard InChI is InChI=1S/C18H17N3O5S/c1-25-16-8-7-12(9-17(16)26-27(2,23)24)10-20-21-18(22)14-11-19-15-6-4-3-5-13(14)15/h3-11,19H,1-2H3,(H,21,22)/b20-10+. The number of benzene rings is 2. The largest absolute Gasteiger partial charge is 0.493 e. The predicted molar refractivity (Wildman–Crippen MR) is 102 cm³/mol. The zero-order chi connectivity index (χ0) is 19.4. The average Bonchev–Trinajstić information content (AvgIpc) is 3.05. The van der Waals surface area contributed by atoms with E-state index in [9.17, 15) is 13.2 Å². The molecule has 0 unspecified atom stereocenters. The van der Waals surface area contributed by atoms with E-state index in [1.807, 2.05) is 24.3 Å². The third-order valence-electron chi connectivity index (χ3n) is 3.64. The highest BCUT2D eigenvalue weighted by Gasteiger charge is 2.12. The molecule has 0 fully saturated rings. The zero-order valence-electron chi connectivity index (χ0n) is 14.6. The molecule has 0 aliphatic heterocycles. The molecule has 140 valence electrons. The number of nitrogens with zero attached hydrogens (tertiary/aromatic N) is 1. The number of hydrogen-bond acceptors (Lipinski definition) is 6. The van der Waals surface area contributed by atoms with Crippen molar-refractivity contribution in [2.45, 2.75) is 0 Å². The minimum atomic E-state index is -3.71. The molecular formula is C18H17N3O5S. The van der Waals surface area contributed by atoms with Crippen LogP contribution in [0.5, 0.6) is 11.5 Å². The molecule has 3 rings (SSSR count). The first-order valence-electron chi connectivity index (χ1n) is 7.84. The molecule has 0 spiro atoms. The first-order valence-corrected chi connectivity index (χ1v) is 9.66. The second-order valence-corrected chi connectivity index (χ2v) is 7.22. The van der Waals surface area contributed by atoms with Crippen LogP contribution in [0.3, 0.4) is 0 Å². The van der Waals surface area contributed by atoms with E-state index in [1.54, 1.807) is 18.3 Å². The number of nitrogens with one attached hydrogen (secondary N) is 2. The van der Waals surface area contributed by atoms with Gasteiger partial charge in [0, 0.05) is 17.1 Å². The van der Waals surface area contributed by atoms with Crippen molar-refractivity contribution in [2.75, 3.05) is 13.4 Å². The van der Waals surface area contributed by atoms with Crippen LogP contribution in [0.25, 0.3) is 10.9 Å². The van der Waals surface area contributed by atoms with Crippen molar-refractivity contribution >= 4 is 33.1 Å². The lowest BCUT2D eigenvalue weighted by molar-refractivity contribution is 0.0957. The number of methoxy groups -OCH3 is 1. The maximum Gasteiger partial charge on any atom is 0.306 e. The Morgan fingerprint density at radius 2 is 1.96 bits per heavy atom. The van der Waals surface area contributed by atoms with Crippen LogP contribution in [0, 0.1) is 0 Å². The zero-order valence-corrected chi connectivity index (χ0v) is 15.4. The molecule has 0 atom stereocenters. The number of ether oxygens (including phenoxy) is 1. The molecular weight excluding hydrogens is 370 g/mol. The molecule has 1 heterocycles. The van der Waals surface area contributed by atoms with E-state index in [0.29, 0.717) is 11.1 Å². The van der Waals surface area contributed by atoms with Crippen LogP contribution in [0.15, 0.2) is 53.8 Å². The minimum absolute atomic E-state index is 0.0342. The summed E-state index contributed by atoms with van der Waals surface area (Å²) >= 11 is 0. The lowest BCUT2D eigenvalue weighted by Crippen LogP contribution is -2.17. The van der Waals surface area contributed by atoms with Gasteiger partial charge in [0.05, 0.1) is 25.1 Å². The number of para-hydroxylation sites is 1. The summed E-state index contributed by atoms with van der Waals surface area (Å²) in [6.45, 7) is 0. The minimum Gasteiger partial charge on any atom is -0.493 e. The van der Waals surface area contributed by atoms with E-state index in [2.05, 4.69) is 15.5 Å². The van der Waals surface area contributed by atoms with Crippen LogP contribution in [0.4, 0.5) is 0 Å². The third-order valence-corrected chi connectivity index (χ3v) is 4.12. The summed E-state index contributed by atoms with van der Waals surface area (Å²) < 4.78 is 32.7. The summed E-state index contributed by atoms with van der Waals surface area (Å²) in [7, 11) is -2.31. The van der Waals surface area contributed by atoms with Crippen LogP contribution >= 0.6 is 0 Å². The van der Waals surface area contributed by atoms with Gasteiger partial charge in [-0.3, -0.25) is 4.79 Å². The third kappa shape index (κ3) is 4.45. The number of hydrazone groups is 1. The number of fused-ring (bicyclic) bond motifs is 1. The fraction of sp³-hybridized carbons (Fsp3) is 0.111. The van der Waals surface area contributed by atoms with Crippen LogP contribution < -0.4 is 14.3 Å². The van der Waals surface area contributed by atoms with E-state index in [4.69, 9.17) is 8.92 Å². The number of aromatic amines is 1. The molecule has 0 aliphatic carbocycles. The summed E-state index contributed by atoms with van der Waals surface area (Å²) in [6, 6.07) is 12.1. The highest BCUT2D eigenvalue weighted by atomic mass is 32.2. The molecule has 1 aromatic heterocycles. The van der Waals surface area contributed by atoms with Crippen molar-refractivity contribution in [1.82, 2.24) is 10.4 Å². The first kappa shape index (κ1) is 18.5. The van der Waals surface area contributed by atoms with Crippen LogP contribution in [-0.2, 0) is 10.1 Å². The highest BCUT2D eigenvalue weighted by Crippen LogP contribution is 2.28. The molecule has 2 N–H and O–H groups in total. The maximum absolute atomic E-state index is 12.3. The van der Waals surface area contributed by atoms with Gasteiger partial charge in [-0.2, -0.15) is 13.5 Å². The van der Waals surface area contributed by atoms with Gasteiger partial charge >= 0.3 is 10.1 Å². The monoisotopic (exact) mass is 387 g/mol. The molecule has 0 radical (unpaired) electrons. The lowest BCUT2D eigenvalue weighted by atomic mass is 10.2. The molecule has 3 aromatic rings. The van der Waals surface area contributed by atoms with Gasteiger partial charge in [-0.25, -0.2) is 5.43 Å². The summed E-state index contributed by atoms with van der Waals surface area (Å²) in [5, 5.41) is 4.70. The highest BCUT2D eigenvalue weighted by molar-refractivity contribution is 7.86. The molecule has 0 aliphatic rings. The van der Waals surface area contributed by atoms with Gasteiger partial charge in [-0.05, 0) is 29.8 Å². The van der Waals surface area contributed by atoms with E-state index in [1.165, 1.54) is 19.4 Å². The molecule has 0 bridgehead atoms. The summed E-state index contributed by atoms with van der Waals surface area (Å²) in [6.07, 6.45) is 3.93. The van der Waals surface area contributed by atoms with Gasteiger partial charge in [-0.15, -0.1) is 0 Å². The van der Waals surface area contributed by atoms with E-state index < -0.39 is 10.1 Å². The number of rotatable bonds is 6. The second kappa shape index (κ2) is 7.50. The molecule has 0 saturated heterocycles. The summed E-state index contributed by atoms with van der Waals surface area (Å²) in [5.74, 6) is -0.0721. The lowest BCUT2D eigenvalue weighted by Gasteiger charge is -2.09. The van der Waals surface area contributed by atoms with Gasteiger partial charge in [0.2, 0.25) is 0 Å². The first-order chi connectivity index (χ1) is 12.9. The normalized spacial score (nSPS) is 11.6. The average molecular weight is 387 g/mol. The van der Waals surface area contributed by atoms with Crippen LogP contribution in [0.2, 0.25) is 0 Å². The predicted octanol–water partition coefficient (Wildman–Crippen LogP) is 2.28. The number of carbonyl (C=O) groups excluding carboxylic acids is 1. The van der Waals surface area contributed by atoms with E-state index in [-0.39, 0.29) is 17.4 Å². The molecule has 2 aromatic carbocycles. The number of hydrogen-bond donors (Lipinski definition) is 2. The van der Waals surface area contributed by atoms with Crippen molar-refractivity contribution in [3.63, 3.8) is 0 Å². The van der Waals surface area contributed by atoms with Gasteiger partial charge in [0.25, 0.3) is 5.91 Å². The molecule has 27 heavy (non-hydrogen) atoms. The van der Waals surface area contributed by atoms with Crippen molar-refractivity contribution in [1.29, 1.82) is 0 Å². The van der Waals surface area contributed by atoms with Crippen molar-refractivity contribution in [3.8, 4) is 11.5 Å². The quantitative estimate of drug-likeness (QED) is 0.383. The molecule has 8 nitrogen and oxygen atoms in total. The number of carbonyl (C=O) groups is 1. The van der Waals surface area contributed by atoms with Crippen molar-refractivity contribution in [2.24, 2.45) is 5.10 Å². The number of aromatic nitrogens is 1. The Hall–Kier alpha value is -3.33. The van der Waals surface area contributed by atoms with E-state index in [0.717, 1.165) is 17.2 Å². The Morgan fingerprint density at radius 1 is 1.19 bits per heavy atom. The number of H-pyrrole nitrogens is 1. The Balaban J connectivity index is 1.76. The fourth-order valence-corrected chi connectivity index (χ4v) is 2.94. The van der Waals surface area contributed by atoms with Crippen molar-refractivity contribution in [3.05, 3.63) is 59.8 Å². The second-order valence-electron chi connectivity index (χ2n) is 5.64. The van der Waals surface area contributed by atoms with Crippen molar-refractivity contribution < 1.29 is 22.1 Å². The Morgan fingerprint density at radius 3 is 2.70 bits per heavy atom. The van der Waals surface area contributed by atoms with Gasteiger partial charge in [0.15, 0.2) is 11.5 Å².